The Kier molecular flexibility index (Phi) is 5.99. The average molecular weight is 525 g/mol. The third-order valence-electron chi connectivity index (χ3n) is 4.94. The molecule has 28 heavy (non-hydrogen) atoms. The second kappa shape index (κ2) is 8.47. The van der Waals surface area contributed by atoms with E-state index in [-0.39, 0.29) is 18.2 Å². The summed E-state index contributed by atoms with van der Waals surface area (Å²) < 4.78 is 8.13. The molecule has 2 aromatic rings. The number of amides is 2. The standard InChI is InChI=1S/C20H19Br2N3O2S/c1-28-17-11-10-16-18(17)27-20(24-15-8-4-13(22)5-9-15)25(16)19(26)23-14-6-2-12(21)3-7-14/h2-9,16-18H,10-11H2,1H3,(H,23,26)/t16-,17-,18-/m1/s1. The fourth-order valence-electron chi connectivity index (χ4n) is 3.57. The van der Waals surface area contributed by atoms with Gasteiger partial charge in [0.15, 0.2) is 0 Å². The number of aliphatic imine (C=N–C) groups is 1. The van der Waals surface area contributed by atoms with Crippen molar-refractivity contribution in [1.82, 2.24) is 4.90 Å². The number of amidine groups is 1. The number of rotatable bonds is 3. The van der Waals surface area contributed by atoms with Gasteiger partial charge in [-0.1, -0.05) is 31.9 Å². The number of halogens is 2. The molecule has 2 fully saturated rings. The Hall–Kier alpha value is -1.51. The molecule has 0 spiro atoms. The summed E-state index contributed by atoms with van der Waals surface area (Å²) in [4.78, 5) is 19.4. The van der Waals surface area contributed by atoms with Crippen molar-refractivity contribution in [3.8, 4) is 0 Å². The van der Waals surface area contributed by atoms with Crippen molar-refractivity contribution >= 4 is 67.0 Å². The molecule has 0 unspecified atom stereocenters. The van der Waals surface area contributed by atoms with E-state index < -0.39 is 0 Å². The Morgan fingerprint density at radius 2 is 1.75 bits per heavy atom. The molecule has 0 bridgehead atoms. The lowest BCUT2D eigenvalue weighted by molar-refractivity contribution is 0.210. The lowest BCUT2D eigenvalue weighted by Crippen LogP contribution is -2.42. The number of anilines is 1. The highest BCUT2D eigenvalue weighted by atomic mass is 79.9. The molecule has 8 heteroatoms. The maximum absolute atomic E-state index is 13.1. The van der Waals surface area contributed by atoms with Crippen LogP contribution in [0.1, 0.15) is 12.8 Å². The Balaban J connectivity index is 1.62. The largest absolute Gasteiger partial charge is 0.458 e. The fraction of sp³-hybridized carbons (Fsp3) is 0.300. The van der Waals surface area contributed by atoms with Crippen LogP contribution in [0.25, 0.3) is 0 Å². The third-order valence-corrected chi connectivity index (χ3v) is 7.11. The number of hydrogen-bond acceptors (Lipinski definition) is 4. The SMILES string of the molecule is CS[C@@H]1CC[C@@H]2[C@H]1OC(=Nc1ccc(Br)cc1)N2C(=O)Nc1ccc(Br)cc1. The summed E-state index contributed by atoms with van der Waals surface area (Å²) in [7, 11) is 0. The monoisotopic (exact) mass is 523 g/mol. The van der Waals surface area contributed by atoms with Crippen LogP contribution in [0.2, 0.25) is 0 Å². The molecule has 4 rings (SSSR count). The van der Waals surface area contributed by atoms with Crippen LogP contribution in [0.5, 0.6) is 0 Å². The van der Waals surface area contributed by atoms with Gasteiger partial charge in [-0.15, -0.1) is 0 Å². The quantitative estimate of drug-likeness (QED) is 0.533. The highest BCUT2D eigenvalue weighted by molar-refractivity contribution is 9.10. The van der Waals surface area contributed by atoms with Crippen LogP contribution in [-0.4, -0.2) is 40.6 Å². The summed E-state index contributed by atoms with van der Waals surface area (Å²) in [5.41, 5.74) is 1.49. The van der Waals surface area contributed by atoms with Gasteiger partial charge in [0.25, 0.3) is 0 Å². The van der Waals surface area contributed by atoms with Crippen molar-refractivity contribution in [2.24, 2.45) is 4.99 Å². The van der Waals surface area contributed by atoms with E-state index in [1.165, 1.54) is 0 Å². The normalized spacial score (nSPS) is 24.9. The smallest absolute Gasteiger partial charge is 0.330 e. The second-order valence-corrected chi connectivity index (χ2v) is 9.59. The molecule has 1 aliphatic heterocycles. The minimum atomic E-state index is -0.215. The number of carbonyl (C=O) groups excluding carboxylic acids is 1. The molecule has 1 N–H and O–H groups in total. The molecule has 3 atom stereocenters. The number of hydrogen-bond donors (Lipinski definition) is 1. The van der Waals surface area contributed by atoms with E-state index in [0.717, 1.165) is 33.2 Å². The van der Waals surface area contributed by atoms with Gasteiger partial charge in [-0.3, -0.25) is 0 Å². The first-order valence-corrected chi connectivity index (χ1v) is 11.8. The maximum atomic E-state index is 13.1. The van der Waals surface area contributed by atoms with Crippen LogP contribution in [-0.2, 0) is 4.74 Å². The Bertz CT molecular complexity index is 889. The molecule has 5 nitrogen and oxygen atoms in total. The van der Waals surface area contributed by atoms with Gasteiger partial charge in [0.2, 0.25) is 0 Å². The van der Waals surface area contributed by atoms with Crippen LogP contribution < -0.4 is 5.32 Å². The van der Waals surface area contributed by atoms with E-state index in [1.54, 1.807) is 16.7 Å². The van der Waals surface area contributed by atoms with Crippen LogP contribution in [0, 0.1) is 0 Å². The number of ether oxygens (including phenoxy) is 1. The summed E-state index contributed by atoms with van der Waals surface area (Å²) in [6, 6.07) is 15.3. The van der Waals surface area contributed by atoms with Gasteiger partial charge in [-0.2, -0.15) is 16.8 Å². The van der Waals surface area contributed by atoms with E-state index in [9.17, 15) is 4.79 Å². The lowest BCUT2D eigenvalue weighted by Gasteiger charge is -2.21. The van der Waals surface area contributed by atoms with Crippen LogP contribution in [0.15, 0.2) is 62.5 Å². The second-order valence-electron chi connectivity index (χ2n) is 6.68. The van der Waals surface area contributed by atoms with Crippen molar-refractivity contribution in [3.63, 3.8) is 0 Å². The topological polar surface area (TPSA) is 53.9 Å². The van der Waals surface area contributed by atoms with Gasteiger partial charge in [0.05, 0.1) is 11.7 Å². The van der Waals surface area contributed by atoms with Crippen LogP contribution >= 0.6 is 43.6 Å². The molecule has 0 radical (unpaired) electrons. The predicted octanol–water partition coefficient (Wildman–Crippen LogP) is 6.03. The number of fused-ring (bicyclic) bond motifs is 1. The van der Waals surface area contributed by atoms with Gasteiger partial charge in [0.1, 0.15) is 6.10 Å². The maximum Gasteiger partial charge on any atom is 0.330 e. The summed E-state index contributed by atoms with van der Waals surface area (Å²) in [5, 5.41) is 3.34. The lowest BCUT2D eigenvalue weighted by atomic mass is 10.2. The zero-order chi connectivity index (χ0) is 19.7. The van der Waals surface area contributed by atoms with Crippen molar-refractivity contribution in [2.75, 3.05) is 11.6 Å². The molecule has 1 saturated carbocycles. The minimum Gasteiger partial charge on any atom is -0.458 e. The summed E-state index contributed by atoms with van der Waals surface area (Å²) in [6.45, 7) is 0. The third kappa shape index (κ3) is 4.09. The van der Waals surface area contributed by atoms with Gasteiger partial charge in [0, 0.05) is 19.9 Å². The van der Waals surface area contributed by atoms with E-state index in [4.69, 9.17) is 4.74 Å². The first-order valence-electron chi connectivity index (χ1n) is 8.94. The van der Waals surface area contributed by atoms with Gasteiger partial charge in [-0.25, -0.2) is 9.69 Å². The summed E-state index contributed by atoms with van der Waals surface area (Å²) in [5.74, 6) is 0. The van der Waals surface area contributed by atoms with Gasteiger partial charge in [-0.05, 0) is 67.6 Å². The van der Waals surface area contributed by atoms with Gasteiger partial charge < -0.3 is 10.1 Å². The molecule has 1 saturated heterocycles. The van der Waals surface area contributed by atoms with E-state index in [0.29, 0.717) is 11.3 Å². The van der Waals surface area contributed by atoms with E-state index in [1.807, 2.05) is 48.5 Å². The van der Waals surface area contributed by atoms with Crippen molar-refractivity contribution in [1.29, 1.82) is 0 Å². The van der Waals surface area contributed by atoms with Crippen LogP contribution in [0.3, 0.4) is 0 Å². The Morgan fingerprint density at radius 3 is 2.39 bits per heavy atom. The number of nitrogens with one attached hydrogen (secondary N) is 1. The van der Waals surface area contributed by atoms with E-state index in [2.05, 4.69) is 48.4 Å². The van der Waals surface area contributed by atoms with Gasteiger partial charge >= 0.3 is 12.1 Å². The highest BCUT2D eigenvalue weighted by Gasteiger charge is 2.51. The first-order chi connectivity index (χ1) is 13.5. The zero-order valence-electron chi connectivity index (χ0n) is 15.1. The minimum absolute atomic E-state index is 0.00194. The highest BCUT2D eigenvalue weighted by Crippen LogP contribution is 2.39. The number of urea groups is 1. The Morgan fingerprint density at radius 1 is 1.11 bits per heavy atom. The number of thioether (sulfide) groups is 1. The number of carbonyl (C=O) groups is 1. The molecule has 2 amide bonds. The van der Waals surface area contributed by atoms with E-state index >= 15 is 0 Å². The molecule has 1 aliphatic carbocycles. The molecular weight excluding hydrogens is 506 g/mol. The molecule has 146 valence electrons. The fourth-order valence-corrected chi connectivity index (χ4v) is 4.98. The molecule has 2 aliphatic rings. The average Bonchev–Trinajstić information content (AvgIpc) is 3.23. The van der Waals surface area contributed by atoms with Crippen molar-refractivity contribution < 1.29 is 9.53 Å². The molecule has 0 aromatic heterocycles. The number of benzene rings is 2. The summed E-state index contributed by atoms with van der Waals surface area (Å²) in [6.07, 6.45) is 4.00. The summed E-state index contributed by atoms with van der Waals surface area (Å²) >= 11 is 8.63. The number of nitrogens with zero attached hydrogens (tertiary/aromatic N) is 2. The van der Waals surface area contributed by atoms with Crippen LogP contribution in [0.4, 0.5) is 16.2 Å². The predicted molar refractivity (Wildman–Crippen MR) is 121 cm³/mol. The van der Waals surface area contributed by atoms with Crippen molar-refractivity contribution in [2.45, 2.75) is 30.2 Å². The first kappa shape index (κ1) is 19.8. The van der Waals surface area contributed by atoms with Crippen molar-refractivity contribution in [3.05, 3.63) is 57.5 Å². The molecule has 2 aromatic carbocycles. The molecule has 1 heterocycles. The zero-order valence-corrected chi connectivity index (χ0v) is 19.1. The molecular formula is C20H19Br2N3O2S. The Labute approximate surface area is 185 Å².